The first-order chi connectivity index (χ1) is 13.5. The van der Waals surface area contributed by atoms with Gasteiger partial charge in [0.05, 0.1) is 12.7 Å². The van der Waals surface area contributed by atoms with Crippen molar-refractivity contribution >= 4 is 0 Å². The highest BCUT2D eigenvalue weighted by Crippen LogP contribution is 2.39. The highest BCUT2D eigenvalue weighted by atomic mass is 19.1. The molecule has 0 saturated carbocycles. The second kappa shape index (κ2) is 9.53. The minimum atomic E-state index is -0.174. The average Bonchev–Trinajstić information content (AvgIpc) is 2.69. The molecule has 4 heteroatoms. The molecule has 0 bridgehead atoms. The third-order valence-corrected chi connectivity index (χ3v) is 5.72. The Balaban J connectivity index is 1.61. The first-order valence-electron chi connectivity index (χ1n) is 10.2. The van der Waals surface area contributed by atoms with Crippen molar-refractivity contribution in [1.29, 1.82) is 0 Å². The molecule has 1 aliphatic heterocycles. The van der Waals surface area contributed by atoms with Crippen LogP contribution in [0.3, 0.4) is 0 Å². The smallest absolute Gasteiger partial charge is 0.123 e. The molecule has 0 aliphatic carbocycles. The number of nitrogens with one attached hydrogen (secondary N) is 1. The molecule has 2 atom stereocenters. The minimum absolute atomic E-state index is 0.0856. The van der Waals surface area contributed by atoms with E-state index >= 15 is 0 Å². The SMILES string of the molecule is COc1ccc(CNCC[C@H](c2ccc(F)cc2)[C@@H]2CCOC(C)(C)C2)cc1. The van der Waals surface area contributed by atoms with Gasteiger partial charge in [0, 0.05) is 13.2 Å². The molecule has 1 fully saturated rings. The van der Waals surface area contributed by atoms with E-state index in [1.165, 1.54) is 11.1 Å². The maximum absolute atomic E-state index is 13.4. The van der Waals surface area contributed by atoms with Gasteiger partial charge in [-0.1, -0.05) is 24.3 Å². The molecule has 0 amide bonds. The Bertz CT molecular complexity index is 727. The molecule has 28 heavy (non-hydrogen) atoms. The highest BCUT2D eigenvalue weighted by molar-refractivity contribution is 5.27. The predicted molar refractivity (Wildman–Crippen MR) is 111 cm³/mol. The third kappa shape index (κ3) is 5.79. The van der Waals surface area contributed by atoms with Crippen molar-refractivity contribution in [3.63, 3.8) is 0 Å². The molecule has 3 nitrogen and oxygen atoms in total. The lowest BCUT2D eigenvalue weighted by Crippen LogP contribution is -2.36. The number of hydrogen-bond donors (Lipinski definition) is 1. The van der Waals surface area contributed by atoms with Crippen molar-refractivity contribution in [2.75, 3.05) is 20.3 Å². The Labute approximate surface area is 168 Å². The van der Waals surface area contributed by atoms with Gasteiger partial charge < -0.3 is 14.8 Å². The van der Waals surface area contributed by atoms with Gasteiger partial charge in [-0.05, 0) is 86.9 Å². The fraction of sp³-hybridized carbons (Fsp3) is 0.500. The average molecular weight is 386 g/mol. The molecule has 3 rings (SSSR count). The van der Waals surface area contributed by atoms with Gasteiger partial charge in [-0.3, -0.25) is 0 Å². The Morgan fingerprint density at radius 3 is 2.50 bits per heavy atom. The molecule has 0 radical (unpaired) electrons. The summed E-state index contributed by atoms with van der Waals surface area (Å²) in [6, 6.07) is 15.2. The first-order valence-corrected chi connectivity index (χ1v) is 10.2. The molecule has 2 aromatic rings. The van der Waals surface area contributed by atoms with Crippen LogP contribution >= 0.6 is 0 Å². The van der Waals surface area contributed by atoms with Gasteiger partial charge in [0.1, 0.15) is 11.6 Å². The molecule has 0 spiro atoms. The molecule has 1 heterocycles. The zero-order chi connectivity index (χ0) is 20.0. The van der Waals surface area contributed by atoms with E-state index in [2.05, 4.69) is 31.3 Å². The largest absolute Gasteiger partial charge is 0.497 e. The van der Waals surface area contributed by atoms with Crippen LogP contribution in [0.4, 0.5) is 4.39 Å². The number of rotatable bonds is 8. The fourth-order valence-electron chi connectivity index (χ4n) is 4.24. The predicted octanol–water partition coefficient (Wildman–Crippen LogP) is 5.30. The molecule has 2 aromatic carbocycles. The summed E-state index contributed by atoms with van der Waals surface area (Å²) >= 11 is 0. The lowest BCUT2D eigenvalue weighted by Gasteiger charge is -2.39. The highest BCUT2D eigenvalue weighted by Gasteiger charge is 2.33. The van der Waals surface area contributed by atoms with Crippen molar-refractivity contribution in [2.45, 2.75) is 51.2 Å². The van der Waals surface area contributed by atoms with Crippen molar-refractivity contribution in [3.05, 3.63) is 65.5 Å². The number of halogens is 1. The summed E-state index contributed by atoms with van der Waals surface area (Å²) in [5.74, 6) is 1.67. The Morgan fingerprint density at radius 1 is 1.14 bits per heavy atom. The van der Waals surface area contributed by atoms with Gasteiger partial charge in [0.25, 0.3) is 0 Å². The summed E-state index contributed by atoms with van der Waals surface area (Å²) in [7, 11) is 1.68. The standard InChI is InChI=1S/C24H32FNO2/c1-24(2)16-20(13-15-28-24)23(19-6-8-21(25)9-7-19)12-14-26-17-18-4-10-22(27-3)11-5-18/h4-11,20,23,26H,12-17H2,1-3H3/t20-,23-/m1/s1. The van der Waals surface area contributed by atoms with Crippen LogP contribution in [0.5, 0.6) is 5.75 Å². The van der Waals surface area contributed by atoms with Crippen LogP contribution in [-0.2, 0) is 11.3 Å². The Hall–Kier alpha value is -1.91. The van der Waals surface area contributed by atoms with Crippen LogP contribution in [0.25, 0.3) is 0 Å². The summed E-state index contributed by atoms with van der Waals surface area (Å²) in [6.45, 7) is 6.89. The number of methoxy groups -OCH3 is 1. The monoisotopic (exact) mass is 385 g/mol. The van der Waals surface area contributed by atoms with Gasteiger partial charge >= 0.3 is 0 Å². The van der Waals surface area contributed by atoms with Crippen molar-refractivity contribution in [2.24, 2.45) is 5.92 Å². The zero-order valence-corrected chi connectivity index (χ0v) is 17.2. The molecule has 1 saturated heterocycles. The van der Waals surface area contributed by atoms with Gasteiger partial charge in [-0.25, -0.2) is 4.39 Å². The topological polar surface area (TPSA) is 30.5 Å². The van der Waals surface area contributed by atoms with Crippen LogP contribution < -0.4 is 10.1 Å². The van der Waals surface area contributed by atoms with Crippen LogP contribution in [0, 0.1) is 11.7 Å². The van der Waals surface area contributed by atoms with Gasteiger partial charge in [-0.2, -0.15) is 0 Å². The van der Waals surface area contributed by atoms with Gasteiger partial charge in [0.15, 0.2) is 0 Å². The fourth-order valence-corrected chi connectivity index (χ4v) is 4.24. The normalized spacial score (nSPS) is 19.9. The van der Waals surface area contributed by atoms with Crippen molar-refractivity contribution < 1.29 is 13.9 Å². The number of benzene rings is 2. The molecule has 0 aromatic heterocycles. The molecule has 0 unspecified atom stereocenters. The first kappa shape index (κ1) is 20.8. The lowest BCUT2D eigenvalue weighted by molar-refractivity contribution is -0.0771. The van der Waals surface area contributed by atoms with E-state index in [0.717, 1.165) is 44.7 Å². The van der Waals surface area contributed by atoms with Crippen LogP contribution in [0.2, 0.25) is 0 Å². The summed E-state index contributed by atoms with van der Waals surface area (Å²) in [4.78, 5) is 0. The summed E-state index contributed by atoms with van der Waals surface area (Å²) in [6.07, 6.45) is 3.13. The van der Waals surface area contributed by atoms with E-state index in [-0.39, 0.29) is 11.4 Å². The van der Waals surface area contributed by atoms with Gasteiger partial charge in [-0.15, -0.1) is 0 Å². The summed E-state index contributed by atoms with van der Waals surface area (Å²) in [5, 5.41) is 3.56. The second-order valence-electron chi connectivity index (χ2n) is 8.33. The Kier molecular flexibility index (Phi) is 7.08. The van der Waals surface area contributed by atoms with Crippen molar-refractivity contribution in [1.82, 2.24) is 5.32 Å². The van der Waals surface area contributed by atoms with E-state index in [4.69, 9.17) is 9.47 Å². The van der Waals surface area contributed by atoms with Crippen LogP contribution in [-0.4, -0.2) is 25.9 Å². The van der Waals surface area contributed by atoms with Gasteiger partial charge in [0.2, 0.25) is 0 Å². The molecule has 1 aliphatic rings. The minimum Gasteiger partial charge on any atom is -0.497 e. The van der Waals surface area contributed by atoms with E-state index in [1.54, 1.807) is 19.2 Å². The van der Waals surface area contributed by atoms with E-state index in [0.29, 0.717) is 11.8 Å². The van der Waals surface area contributed by atoms with E-state index < -0.39 is 0 Å². The summed E-state index contributed by atoms with van der Waals surface area (Å²) in [5.41, 5.74) is 2.39. The lowest BCUT2D eigenvalue weighted by atomic mass is 9.75. The summed E-state index contributed by atoms with van der Waals surface area (Å²) < 4.78 is 24.5. The molecular weight excluding hydrogens is 353 g/mol. The zero-order valence-electron chi connectivity index (χ0n) is 17.2. The van der Waals surface area contributed by atoms with Crippen molar-refractivity contribution in [3.8, 4) is 5.75 Å². The quantitative estimate of drug-likeness (QED) is 0.625. The number of ether oxygens (including phenoxy) is 2. The molecule has 1 N–H and O–H groups in total. The third-order valence-electron chi connectivity index (χ3n) is 5.72. The molecular formula is C24H32FNO2. The van der Waals surface area contributed by atoms with E-state index in [1.807, 2.05) is 24.3 Å². The van der Waals surface area contributed by atoms with Crippen LogP contribution in [0.1, 0.15) is 50.2 Å². The maximum atomic E-state index is 13.4. The van der Waals surface area contributed by atoms with Crippen LogP contribution in [0.15, 0.2) is 48.5 Å². The Morgan fingerprint density at radius 2 is 1.86 bits per heavy atom. The second-order valence-corrected chi connectivity index (χ2v) is 8.33. The van der Waals surface area contributed by atoms with E-state index in [9.17, 15) is 4.39 Å². The number of hydrogen-bond acceptors (Lipinski definition) is 3. The molecule has 152 valence electrons. The maximum Gasteiger partial charge on any atom is 0.123 e.